The number of piperidine rings is 1. The van der Waals surface area contributed by atoms with Gasteiger partial charge in [0.25, 0.3) is 0 Å². The zero-order valence-electron chi connectivity index (χ0n) is 16.9. The lowest BCUT2D eigenvalue weighted by molar-refractivity contribution is -0.136. The van der Waals surface area contributed by atoms with E-state index in [2.05, 4.69) is 15.6 Å². The smallest absolute Gasteiger partial charge is 0.313 e. The van der Waals surface area contributed by atoms with Crippen LogP contribution < -0.4 is 15.4 Å². The van der Waals surface area contributed by atoms with Crippen molar-refractivity contribution in [1.29, 1.82) is 0 Å². The van der Waals surface area contributed by atoms with E-state index in [0.29, 0.717) is 42.4 Å². The van der Waals surface area contributed by atoms with Crippen LogP contribution in [0.1, 0.15) is 12.8 Å². The minimum Gasteiger partial charge on any atom is -0.495 e. The summed E-state index contributed by atoms with van der Waals surface area (Å²) in [6, 6.07) is 7.78. The molecule has 1 aromatic heterocycles. The van der Waals surface area contributed by atoms with Gasteiger partial charge in [0.15, 0.2) is 0 Å². The number of carbonyl (C=O) groups excluding carboxylic acids is 2. The van der Waals surface area contributed by atoms with Gasteiger partial charge in [-0.3, -0.25) is 14.6 Å². The summed E-state index contributed by atoms with van der Waals surface area (Å²) in [5.74, 6) is -1.17. The fourth-order valence-electron chi connectivity index (χ4n) is 3.28. The number of amides is 2. The number of methoxy groups -OCH3 is 1. The Hall–Kier alpha value is -2.69. The largest absolute Gasteiger partial charge is 0.495 e. The minimum absolute atomic E-state index is 0.0674. The van der Waals surface area contributed by atoms with Gasteiger partial charge in [0.2, 0.25) is 10.0 Å². The van der Waals surface area contributed by atoms with Crippen molar-refractivity contribution in [3.63, 3.8) is 0 Å². The molecule has 166 valence electrons. The van der Waals surface area contributed by atoms with E-state index in [9.17, 15) is 18.0 Å². The van der Waals surface area contributed by atoms with Gasteiger partial charge in [-0.2, -0.15) is 4.31 Å². The fraction of sp³-hybridized carbons (Fsp3) is 0.350. The van der Waals surface area contributed by atoms with Crippen LogP contribution in [-0.4, -0.2) is 56.3 Å². The number of carbonyl (C=O) groups is 2. The number of benzene rings is 1. The monoisotopic (exact) mass is 466 g/mol. The topological polar surface area (TPSA) is 118 Å². The summed E-state index contributed by atoms with van der Waals surface area (Å²) in [6.45, 7) is 0.951. The Morgan fingerprint density at radius 2 is 1.97 bits per heavy atom. The molecule has 0 atom stereocenters. The number of halogens is 1. The van der Waals surface area contributed by atoms with Crippen molar-refractivity contribution in [1.82, 2.24) is 14.6 Å². The first kappa shape index (κ1) is 23.0. The van der Waals surface area contributed by atoms with E-state index in [1.165, 1.54) is 35.9 Å². The Kier molecular flexibility index (Phi) is 7.47. The van der Waals surface area contributed by atoms with Gasteiger partial charge in [0, 0.05) is 37.1 Å². The Balaban J connectivity index is 1.49. The molecule has 0 saturated carbocycles. The van der Waals surface area contributed by atoms with Crippen LogP contribution in [0.4, 0.5) is 5.69 Å². The average molecular weight is 467 g/mol. The van der Waals surface area contributed by atoms with E-state index in [1.807, 2.05) is 0 Å². The fourth-order valence-corrected chi connectivity index (χ4v) is 4.88. The molecule has 1 aromatic carbocycles. The van der Waals surface area contributed by atoms with Crippen LogP contribution in [0.5, 0.6) is 5.75 Å². The highest BCUT2D eigenvalue weighted by Gasteiger charge is 2.30. The molecule has 0 radical (unpaired) electrons. The average Bonchev–Trinajstić information content (AvgIpc) is 2.78. The van der Waals surface area contributed by atoms with Crippen molar-refractivity contribution in [2.45, 2.75) is 17.7 Å². The van der Waals surface area contributed by atoms with E-state index in [-0.39, 0.29) is 17.4 Å². The molecule has 3 rings (SSSR count). The Labute approximate surface area is 185 Å². The van der Waals surface area contributed by atoms with Crippen LogP contribution in [0.3, 0.4) is 0 Å². The zero-order chi connectivity index (χ0) is 22.4. The summed E-state index contributed by atoms with van der Waals surface area (Å²) in [6.07, 6.45) is 3.99. The minimum atomic E-state index is -3.58. The van der Waals surface area contributed by atoms with Crippen molar-refractivity contribution in [2.75, 3.05) is 32.1 Å². The lowest BCUT2D eigenvalue weighted by Crippen LogP contribution is -2.43. The molecule has 2 aromatic rings. The third-order valence-electron chi connectivity index (χ3n) is 5.01. The molecule has 1 saturated heterocycles. The molecular weight excluding hydrogens is 444 g/mol. The second-order valence-electron chi connectivity index (χ2n) is 7.04. The number of hydrogen-bond donors (Lipinski definition) is 2. The number of anilines is 1. The summed E-state index contributed by atoms with van der Waals surface area (Å²) in [4.78, 5) is 28.4. The third kappa shape index (κ3) is 5.72. The lowest BCUT2D eigenvalue weighted by Gasteiger charge is -2.31. The molecule has 31 heavy (non-hydrogen) atoms. The summed E-state index contributed by atoms with van der Waals surface area (Å²) >= 11 is 5.92. The first-order valence-electron chi connectivity index (χ1n) is 9.64. The molecule has 1 aliphatic heterocycles. The van der Waals surface area contributed by atoms with Gasteiger partial charge in [0.1, 0.15) is 10.6 Å². The normalized spacial score (nSPS) is 15.3. The zero-order valence-corrected chi connectivity index (χ0v) is 18.4. The number of nitrogens with one attached hydrogen (secondary N) is 2. The van der Waals surface area contributed by atoms with Crippen LogP contribution in [0, 0.1) is 5.92 Å². The van der Waals surface area contributed by atoms with Crippen molar-refractivity contribution >= 4 is 39.1 Å². The van der Waals surface area contributed by atoms with Crippen molar-refractivity contribution < 1.29 is 22.7 Å². The first-order valence-corrected chi connectivity index (χ1v) is 11.5. The highest BCUT2D eigenvalue weighted by atomic mass is 35.5. The van der Waals surface area contributed by atoms with Crippen LogP contribution in [0.15, 0.2) is 47.6 Å². The molecule has 0 aliphatic carbocycles. The number of nitrogens with zero attached hydrogens (tertiary/aromatic N) is 2. The van der Waals surface area contributed by atoms with Gasteiger partial charge < -0.3 is 15.4 Å². The predicted molar refractivity (Wildman–Crippen MR) is 115 cm³/mol. The number of aromatic nitrogens is 1. The summed E-state index contributed by atoms with van der Waals surface area (Å²) in [7, 11) is -2.13. The molecule has 0 unspecified atom stereocenters. The molecule has 2 amide bonds. The van der Waals surface area contributed by atoms with Gasteiger partial charge in [0.05, 0.1) is 12.8 Å². The van der Waals surface area contributed by atoms with E-state index in [1.54, 1.807) is 18.2 Å². The van der Waals surface area contributed by atoms with Crippen LogP contribution in [0.25, 0.3) is 0 Å². The summed E-state index contributed by atoms with van der Waals surface area (Å²) in [5.41, 5.74) is 0.295. The van der Waals surface area contributed by atoms with Crippen molar-refractivity contribution in [2.24, 2.45) is 5.92 Å². The van der Waals surface area contributed by atoms with Crippen LogP contribution in [0.2, 0.25) is 5.02 Å². The number of hydrogen-bond acceptors (Lipinski definition) is 6. The molecule has 11 heteroatoms. The van der Waals surface area contributed by atoms with E-state index >= 15 is 0 Å². The van der Waals surface area contributed by atoms with Crippen molar-refractivity contribution in [3.8, 4) is 5.75 Å². The number of rotatable bonds is 6. The molecule has 0 spiro atoms. The molecule has 9 nitrogen and oxygen atoms in total. The SMILES string of the molecule is COc1ccc(Cl)cc1NC(=O)C(=O)NCC1CCN(S(=O)(=O)c2cccnc2)CC1. The van der Waals surface area contributed by atoms with Crippen molar-refractivity contribution in [3.05, 3.63) is 47.7 Å². The highest BCUT2D eigenvalue weighted by molar-refractivity contribution is 7.89. The standard InChI is InChI=1S/C20H23ClN4O5S/c1-30-18-5-4-15(21)11-17(18)24-20(27)19(26)23-12-14-6-9-25(10-7-14)31(28,29)16-3-2-8-22-13-16/h2-5,8,11,13-14H,6-7,9-10,12H2,1H3,(H,23,26)(H,24,27). The molecule has 2 heterocycles. The second kappa shape index (κ2) is 10.1. The Morgan fingerprint density at radius 3 is 2.61 bits per heavy atom. The molecule has 1 aliphatic rings. The molecule has 0 bridgehead atoms. The Morgan fingerprint density at radius 1 is 1.23 bits per heavy atom. The molecule has 1 fully saturated rings. The molecule has 2 N–H and O–H groups in total. The van der Waals surface area contributed by atoms with Crippen LogP contribution in [-0.2, 0) is 19.6 Å². The number of pyridine rings is 1. The molecular formula is C20H23ClN4O5S. The maximum atomic E-state index is 12.6. The van der Waals surface area contributed by atoms with Gasteiger partial charge in [-0.25, -0.2) is 8.42 Å². The number of ether oxygens (including phenoxy) is 1. The second-order valence-corrected chi connectivity index (χ2v) is 9.42. The summed E-state index contributed by atoms with van der Waals surface area (Å²) < 4.78 is 31.8. The Bertz CT molecular complexity index is 1040. The maximum Gasteiger partial charge on any atom is 0.313 e. The first-order chi connectivity index (χ1) is 14.8. The maximum absolute atomic E-state index is 12.6. The van der Waals surface area contributed by atoms with E-state index in [0.717, 1.165) is 0 Å². The lowest BCUT2D eigenvalue weighted by atomic mass is 9.98. The van der Waals surface area contributed by atoms with Gasteiger partial charge in [-0.15, -0.1) is 0 Å². The quantitative estimate of drug-likeness (QED) is 0.628. The highest BCUT2D eigenvalue weighted by Crippen LogP contribution is 2.27. The predicted octanol–water partition coefficient (Wildman–Crippen LogP) is 1.90. The summed E-state index contributed by atoms with van der Waals surface area (Å²) in [5, 5.41) is 5.48. The van der Waals surface area contributed by atoms with E-state index in [4.69, 9.17) is 16.3 Å². The van der Waals surface area contributed by atoms with Gasteiger partial charge >= 0.3 is 11.8 Å². The van der Waals surface area contributed by atoms with E-state index < -0.39 is 21.8 Å². The number of sulfonamides is 1. The van der Waals surface area contributed by atoms with Gasteiger partial charge in [-0.05, 0) is 49.1 Å². The van der Waals surface area contributed by atoms with Gasteiger partial charge in [-0.1, -0.05) is 11.6 Å². The third-order valence-corrected chi connectivity index (χ3v) is 7.13. The van der Waals surface area contributed by atoms with Crippen LogP contribution >= 0.6 is 11.6 Å².